The molecule has 1 aromatic rings. The molecular weight excluding hydrogens is 165 g/mol. The van der Waals surface area contributed by atoms with Crippen molar-refractivity contribution in [2.24, 2.45) is 0 Å². The van der Waals surface area contributed by atoms with Gasteiger partial charge < -0.3 is 5.73 Å². The minimum Gasteiger partial charge on any atom is -0.396 e. The van der Waals surface area contributed by atoms with Gasteiger partial charge in [0.25, 0.3) is 0 Å². The molecule has 0 amide bonds. The lowest BCUT2D eigenvalue weighted by molar-refractivity contribution is 0.632. The number of nitrogen functional groups attached to an aromatic ring is 1. The Kier molecular flexibility index (Phi) is 2.35. The van der Waals surface area contributed by atoms with Crippen LogP contribution in [0.25, 0.3) is 0 Å². The molecule has 59 valence electrons. The summed E-state index contributed by atoms with van der Waals surface area (Å²) in [7, 11) is 0. The highest BCUT2D eigenvalue weighted by atomic mass is 35.5. The Morgan fingerprint density at radius 2 is 2.18 bits per heavy atom. The van der Waals surface area contributed by atoms with Crippen molar-refractivity contribution < 1.29 is 4.39 Å². The fourth-order valence-corrected chi connectivity index (χ4v) is 1.05. The van der Waals surface area contributed by atoms with Gasteiger partial charge in [-0.25, -0.2) is 4.39 Å². The van der Waals surface area contributed by atoms with E-state index in [1.807, 2.05) is 0 Å². The lowest BCUT2D eigenvalue weighted by Crippen LogP contribution is -1.93. The van der Waals surface area contributed by atoms with E-state index in [1.165, 1.54) is 12.1 Å². The molecule has 0 spiro atoms. The molecule has 0 heterocycles. The summed E-state index contributed by atoms with van der Waals surface area (Å²) in [5, 5.41) is 0.381. The first-order valence-electron chi connectivity index (χ1n) is 3.17. The van der Waals surface area contributed by atoms with Crippen LogP contribution in [-0.2, 0) is 6.42 Å². The second kappa shape index (κ2) is 3.09. The molecule has 11 heavy (non-hydrogen) atoms. The summed E-state index contributed by atoms with van der Waals surface area (Å²) in [5.74, 6) is -0.479. The van der Waals surface area contributed by atoms with Gasteiger partial charge in [-0.1, -0.05) is 11.6 Å². The van der Waals surface area contributed by atoms with E-state index in [2.05, 4.69) is 6.92 Å². The molecule has 1 radical (unpaired) electrons. The summed E-state index contributed by atoms with van der Waals surface area (Å²) in [5.41, 5.74) is 6.19. The molecular formula is C8H8ClFN. The second-order valence-corrected chi connectivity index (χ2v) is 2.62. The molecule has 1 rings (SSSR count). The summed E-state index contributed by atoms with van der Waals surface area (Å²) in [6, 6.07) is 2.71. The van der Waals surface area contributed by atoms with Crippen molar-refractivity contribution >= 4 is 17.3 Å². The van der Waals surface area contributed by atoms with Gasteiger partial charge in [-0.2, -0.15) is 0 Å². The topological polar surface area (TPSA) is 26.0 Å². The quantitative estimate of drug-likeness (QED) is 0.647. The third-order valence-electron chi connectivity index (χ3n) is 1.44. The first-order chi connectivity index (χ1) is 5.15. The summed E-state index contributed by atoms with van der Waals surface area (Å²) in [6.45, 7) is 3.63. The standard InChI is InChI=1S/C8H8ClFN/c1-2-5-3-8(11)7(10)4-6(5)9/h3-4H,1-2,11H2. The molecule has 1 nitrogen and oxygen atoms in total. The summed E-state index contributed by atoms with van der Waals surface area (Å²) >= 11 is 5.67. The van der Waals surface area contributed by atoms with Gasteiger partial charge in [0, 0.05) is 5.02 Å². The SMILES string of the molecule is [CH2]Cc1cc(N)c(F)cc1Cl. The molecule has 0 aromatic heterocycles. The van der Waals surface area contributed by atoms with Crippen LogP contribution in [0.15, 0.2) is 12.1 Å². The molecule has 3 heteroatoms. The van der Waals surface area contributed by atoms with Crippen LogP contribution < -0.4 is 5.73 Å². The van der Waals surface area contributed by atoms with Crippen LogP contribution in [0.1, 0.15) is 5.56 Å². The van der Waals surface area contributed by atoms with Crippen molar-refractivity contribution in [3.05, 3.63) is 35.5 Å². The Labute approximate surface area is 70.0 Å². The Morgan fingerprint density at radius 1 is 1.55 bits per heavy atom. The lowest BCUT2D eigenvalue weighted by atomic mass is 10.1. The molecule has 0 saturated heterocycles. The Balaban J connectivity index is 3.21. The van der Waals surface area contributed by atoms with Crippen molar-refractivity contribution in [3.8, 4) is 0 Å². The number of hydrogen-bond acceptors (Lipinski definition) is 1. The van der Waals surface area contributed by atoms with Gasteiger partial charge in [0.1, 0.15) is 5.82 Å². The van der Waals surface area contributed by atoms with Gasteiger partial charge in [0.05, 0.1) is 5.69 Å². The van der Waals surface area contributed by atoms with Gasteiger partial charge in [0.2, 0.25) is 0 Å². The van der Waals surface area contributed by atoms with Crippen LogP contribution in [0.2, 0.25) is 5.02 Å². The van der Waals surface area contributed by atoms with E-state index in [4.69, 9.17) is 17.3 Å². The summed E-state index contributed by atoms with van der Waals surface area (Å²) in [4.78, 5) is 0. The van der Waals surface area contributed by atoms with E-state index < -0.39 is 5.82 Å². The van der Waals surface area contributed by atoms with Crippen LogP contribution in [0.4, 0.5) is 10.1 Å². The number of rotatable bonds is 1. The minimum absolute atomic E-state index is 0.119. The monoisotopic (exact) mass is 172 g/mol. The van der Waals surface area contributed by atoms with E-state index >= 15 is 0 Å². The maximum Gasteiger partial charge on any atom is 0.147 e. The van der Waals surface area contributed by atoms with Crippen molar-refractivity contribution in [2.45, 2.75) is 6.42 Å². The number of anilines is 1. The largest absolute Gasteiger partial charge is 0.396 e. The molecule has 0 aliphatic rings. The number of benzene rings is 1. The van der Waals surface area contributed by atoms with Gasteiger partial charge in [-0.05, 0) is 31.0 Å². The van der Waals surface area contributed by atoms with E-state index in [0.29, 0.717) is 11.4 Å². The maximum atomic E-state index is 12.7. The molecule has 0 fully saturated rings. The van der Waals surface area contributed by atoms with Crippen molar-refractivity contribution in [3.63, 3.8) is 0 Å². The highest BCUT2D eigenvalue weighted by molar-refractivity contribution is 6.31. The van der Waals surface area contributed by atoms with Crippen LogP contribution in [0, 0.1) is 12.7 Å². The van der Waals surface area contributed by atoms with Gasteiger partial charge in [-0.15, -0.1) is 0 Å². The van der Waals surface area contributed by atoms with Gasteiger partial charge in [0.15, 0.2) is 0 Å². The summed E-state index contributed by atoms with van der Waals surface area (Å²) < 4.78 is 12.7. The highest BCUT2D eigenvalue weighted by Gasteiger charge is 2.03. The zero-order valence-electron chi connectivity index (χ0n) is 5.90. The lowest BCUT2D eigenvalue weighted by Gasteiger charge is -2.02. The molecule has 0 saturated carbocycles. The van der Waals surface area contributed by atoms with E-state index in [1.54, 1.807) is 0 Å². The third kappa shape index (κ3) is 1.63. The van der Waals surface area contributed by atoms with E-state index in [0.717, 1.165) is 5.56 Å². The van der Waals surface area contributed by atoms with Crippen molar-refractivity contribution in [1.29, 1.82) is 0 Å². The molecule has 1 aromatic carbocycles. The smallest absolute Gasteiger partial charge is 0.147 e. The Morgan fingerprint density at radius 3 is 2.73 bits per heavy atom. The highest BCUT2D eigenvalue weighted by Crippen LogP contribution is 2.22. The minimum atomic E-state index is -0.479. The average molecular weight is 173 g/mol. The fourth-order valence-electron chi connectivity index (χ4n) is 0.804. The van der Waals surface area contributed by atoms with Crippen molar-refractivity contribution in [2.75, 3.05) is 5.73 Å². The Bertz CT molecular complexity index is 273. The zero-order chi connectivity index (χ0) is 8.43. The molecule has 0 unspecified atom stereocenters. The number of hydrogen-bond donors (Lipinski definition) is 1. The normalized spacial score (nSPS) is 10.1. The second-order valence-electron chi connectivity index (χ2n) is 2.22. The number of nitrogens with two attached hydrogens (primary N) is 1. The van der Waals surface area contributed by atoms with Gasteiger partial charge in [-0.3, -0.25) is 0 Å². The molecule has 0 aliphatic heterocycles. The fraction of sp³-hybridized carbons (Fsp3) is 0.125. The molecule has 0 aliphatic carbocycles. The van der Waals surface area contributed by atoms with E-state index in [9.17, 15) is 4.39 Å². The summed E-state index contributed by atoms with van der Waals surface area (Å²) in [6.07, 6.45) is 0.517. The average Bonchev–Trinajstić information content (AvgIpc) is 1.97. The predicted molar refractivity (Wildman–Crippen MR) is 44.9 cm³/mol. The van der Waals surface area contributed by atoms with Crippen molar-refractivity contribution in [1.82, 2.24) is 0 Å². The van der Waals surface area contributed by atoms with Crippen LogP contribution in [0.3, 0.4) is 0 Å². The third-order valence-corrected chi connectivity index (χ3v) is 1.79. The first kappa shape index (κ1) is 8.34. The molecule has 0 atom stereocenters. The zero-order valence-corrected chi connectivity index (χ0v) is 6.66. The van der Waals surface area contributed by atoms with Gasteiger partial charge >= 0.3 is 0 Å². The Hall–Kier alpha value is -0.760. The van der Waals surface area contributed by atoms with E-state index in [-0.39, 0.29) is 5.69 Å². The number of halogens is 2. The van der Waals surface area contributed by atoms with Crippen LogP contribution >= 0.6 is 11.6 Å². The maximum absolute atomic E-state index is 12.7. The molecule has 0 bridgehead atoms. The molecule has 2 N–H and O–H groups in total. The predicted octanol–water partition coefficient (Wildman–Crippen LogP) is 2.44. The first-order valence-corrected chi connectivity index (χ1v) is 3.55. The van der Waals surface area contributed by atoms with Crippen LogP contribution in [0.5, 0.6) is 0 Å². The van der Waals surface area contributed by atoms with Crippen LogP contribution in [-0.4, -0.2) is 0 Å².